The Morgan fingerprint density at radius 3 is 2.35 bits per heavy atom. The summed E-state index contributed by atoms with van der Waals surface area (Å²) in [5.74, 6) is 0.511. The summed E-state index contributed by atoms with van der Waals surface area (Å²) < 4.78 is 28.9. The molecule has 1 radical (unpaired) electrons. The van der Waals surface area contributed by atoms with Gasteiger partial charge in [0.05, 0.1) is 5.58 Å². The van der Waals surface area contributed by atoms with E-state index in [0.29, 0.717) is 17.2 Å². The van der Waals surface area contributed by atoms with E-state index in [9.17, 15) is 0 Å². The zero-order chi connectivity index (χ0) is 34.0. The molecule has 233 valence electrons. The number of aromatic nitrogens is 3. The van der Waals surface area contributed by atoms with Gasteiger partial charge in [-0.15, -0.1) is 53.6 Å². The van der Waals surface area contributed by atoms with Crippen molar-refractivity contribution >= 4 is 22.1 Å². The van der Waals surface area contributed by atoms with E-state index in [0.717, 1.165) is 45.3 Å². The van der Waals surface area contributed by atoms with Crippen molar-refractivity contribution in [1.82, 2.24) is 15.0 Å². The molecule has 0 aliphatic rings. The van der Waals surface area contributed by atoms with Crippen molar-refractivity contribution in [3.8, 4) is 22.5 Å². The predicted octanol–water partition coefficient (Wildman–Crippen LogP) is 10.3. The van der Waals surface area contributed by atoms with Gasteiger partial charge in [-0.05, 0) is 84.9 Å². The Hall–Kier alpha value is -4.44. The molecule has 0 unspecified atom stereocenters. The van der Waals surface area contributed by atoms with Crippen LogP contribution >= 0.6 is 0 Å². The number of hydrogen-bond donors (Lipinski definition) is 0. The quantitative estimate of drug-likeness (QED) is 0.163. The van der Waals surface area contributed by atoms with Crippen LogP contribution in [0.3, 0.4) is 0 Å². The van der Waals surface area contributed by atoms with E-state index in [1.807, 2.05) is 30.5 Å². The van der Waals surface area contributed by atoms with Gasteiger partial charge in [0, 0.05) is 47.7 Å². The second-order valence-corrected chi connectivity index (χ2v) is 11.8. The maximum absolute atomic E-state index is 7.62. The molecule has 0 amide bonds. The van der Waals surface area contributed by atoms with Crippen molar-refractivity contribution in [3.63, 3.8) is 0 Å². The molecule has 7 rings (SSSR count). The molecule has 4 heterocycles. The van der Waals surface area contributed by atoms with Crippen molar-refractivity contribution in [2.75, 3.05) is 0 Å². The first-order valence-corrected chi connectivity index (χ1v) is 15.2. The van der Waals surface area contributed by atoms with E-state index in [1.54, 1.807) is 12.3 Å². The van der Waals surface area contributed by atoms with Crippen molar-refractivity contribution in [3.05, 3.63) is 149 Å². The SMILES string of the molecule is Cc1c[c-]c(-c2cc(C)c(C)cn2)cc1.[2H]C([2H])([2H])c1ccc2c(n1)oc1c(-c3cc(Cc4ccc(C(C)C)cc4)ccn3)[c-]ccc12.[Ir]. The van der Waals surface area contributed by atoms with Crippen molar-refractivity contribution < 1.29 is 28.6 Å². The first-order chi connectivity index (χ1) is 23.0. The van der Waals surface area contributed by atoms with Crippen LogP contribution in [0.2, 0.25) is 0 Å². The summed E-state index contributed by atoms with van der Waals surface area (Å²) in [5.41, 5.74) is 11.9. The topological polar surface area (TPSA) is 51.8 Å². The van der Waals surface area contributed by atoms with Gasteiger partial charge in [-0.3, -0.25) is 0 Å². The standard InChI is InChI=1S/C27H23N2O.C14H14N.Ir/c1-17(2)21-10-8-19(9-11-21)15-20-13-14-28-25(16-20)24-6-4-5-22-23-12-7-18(3)29-27(23)30-26(22)24;1-10-4-6-13(7-5-10)14-8-11(2)12(3)9-15-14;/h4-5,7-14,16-17H,15H2,1-3H3;4-6,8-9H,1-3H3;/q2*-1;/i3D3;;. The van der Waals surface area contributed by atoms with E-state index in [2.05, 4.69) is 110 Å². The molecule has 0 spiro atoms. The third-order valence-corrected chi connectivity index (χ3v) is 8.05. The number of rotatable bonds is 5. The van der Waals surface area contributed by atoms with E-state index >= 15 is 0 Å². The van der Waals surface area contributed by atoms with Crippen molar-refractivity contribution in [2.24, 2.45) is 0 Å². The van der Waals surface area contributed by atoms with E-state index < -0.39 is 6.85 Å². The van der Waals surface area contributed by atoms with Crippen LogP contribution in [0.4, 0.5) is 0 Å². The fourth-order valence-corrected chi connectivity index (χ4v) is 5.22. The molecule has 4 nitrogen and oxygen atoms in total. The van der Waals surface area contributed by atoms with Crippen LogP contribution < -0.4 is 0 Å². The van der Waals surface area contributed by atoms with Crippen molar-refractivity contribution in [1.29, 1.82) is 0 Å². The molecule has 0 saturated carbocycles. The van der Waals surface area contributed by atoms with Crippen LogP contribution in [-0.2, 0) is 26.5 Å². The van der Waals surface area contributed by atoms with E-state index in [4.69, 9.17) is 8.53 Å². The third-order valence-electron chi connectivity index (χ3n) is 8.05. The number of aryl methyl sites for hydroxylation is 4. The zero-order valence-electron chi connectivity index (χ0n) is 29.6. The second kappa shape index (κ2) is 14.3. The molecule has 3 aromatic carbocycles. The van der Waals surface area contributed by atoms with Crippen LogP contribution in [0.15, 0.2) is 102 Å². The molecule has 0 fully saturated rings. The molecule has 7 aromatic rings. The number of pyridine rings is 3. The number of nitrogens with zero attached hydrogens (tertiary/aromatic N) is 3. The Labute approximate surface area is 289 Å². The van der Waals surface area contributed by atoms with Gasteiger partial charge < -0.3 is 14.4 Å². The molecule has 4 aromatic heterocycles. The number of furan rings is 1. The Morgan fingerprint density at radius 2 is 1.63 bits per heavy atom. The first kappa shape index (κ1) is 29.0. The maximum Gasteiger partial charge on any atom is 0.216 e. The van der Waals surface area contributed by atoms with Gasteiger partial charge in [0.2, 0.25) is 5.71 Å². The molecule has 0 saturated heterocycles. The third kappa shape index (κ3) is 7.33. The molecular weight excluding hydrogens is 743 g/mol. The van der Waals surface area contributed by atoms with Gasteiger partial charge in [-0.1, -0.05) is 73.7 Å². The second-order valence-electron chi connectivity index (χ2n) is 11.8. The molecule has 5 heteroatoms. The maximum atomic E-state index is 7.62. The van der Waals surface area contributed by atoms with Crippen LogP contribution in [0.25, 0.3) is 44.6 Å². The number of hydrogen-bond acceptors (Lipinski definition) is 4. The first-order valence-electron chi connectivity index (χ1n) is 16.7. The van der Waals surface area contributed by atoms with Gasteiger partial charge in [-0.25, -0.2) is 4.98 Å². The van der Waals surface area contributed by atoms with Gasteiger partial charge in [0.25, 0.3) is 0 Å². The minimum Gasteiger partial charge on any atom is -0.486 e. The average Bonchev–Trinajstić information content (AvgIpc) is 3.45. The Kier molecular flexibility index (Phi) is 9.03. The van der Waals surface area contributed by atoms with E-state index in [1.165, 1.54) is 33.9 Å². The molecule has 0 bridgehead atoms. The van der Waals surface area contributed by atoms with Gasteiger partial charge in [0.15, 0.2) is 0 Å². The summed E-state index contributed by atoms with van der Waals surface area (Å²) in [5, 5.41) is 1.63. The van der Waals surface area contributed by atoms with Crippen LogP contribution in [0.5, 0.6) is 0 Å². The molecule has 0 aliphatic carbocycles. The molecule has 0 atom stereocenters. The van der Waals surface area contributed by atoms with Gasteiger partial charge >= 0.3 is 0 Å². The average molecular weight is 783 g/mol. The van der Waals surface area contributed by atoms with E-state index in [-0.39, 0.29) is 25.8 Å². The summed E-state index contributed by atoms with van der Waals surface area (Å²) in [4.78, 5) is 13.2. The Bertz CT molecular complexity index is 2210. The van der Waals surface area contributed by atoms with Crippen LogP contribution in [-0.4, -0.2) is 15.0 Å². The molecule has 0 N–H and O–H groups in total. The molecule has 46 heavy (non-hydrogen) atoms. The van der Waals surface area contributed by atoms with Crippen LogP contribution in [0.1, 0.15) is 63.0 Å². The minimum atomic E-state index is -2.29. The normalized spacial score (nSPS) is 12.2. The Balaban J connectivity index is 0.000000246. The van der Waals surface area contributed by atoms with Crippen molar-refractivity contribution in [2.45, 2.75) is 53.8 Å². The summed E-state index contributed by atoms with van der Waals surface area (Å²) >= 11 is 0. The Morgan fingerprint density at radius 1 is 0.804 bits per heavy atom. The number of benzene rings is 3. The number of fused-ring (bicyclic) bond motifs is 3. The summed E-state index contributed by atoms with van der Waals surface area (Å²) in [6, 6.07) is 34.6. The predicted molar refractivity (Wildman–Crippen MR) is 184 cm³/mol. The summed E-state index contributed by atoms with van der Waals surface area (Å²) in [6.45, 7) is 8.34. The fraction of sp³-hybridized carbons (Fsp3) is 0.195. The van der Waals surface area contributed by atoms with Gasteiger partial charge in [-0.2, -0.15) is 0 Å². The monoisotopic (exact) mass is 783 g/mol. The van der Waals surface area contributed by atoms with Gasteiger partial charge in [0.1, 0.15) is 0 Å². The summed E-state index contributed by atoms with van der Waals surface area (Å²) in [7, 11) is 0. The molecular formula is C41H37IrN3O-2. The zero-order valence-corrected chi connectivity index (χ0v) is 29.0. The molecule has 0 aliphatic heterocycles. The summed E-state index contributed by atoms with van der Waals surface area (Å²) in [6.07, 6.45) is 4.51. The van der Waals surface area contributed by atoms with Crippen LogP contribution in [0, 0.1) is 39.8 Å². The largest absolute Gasteiger partial charge is 0.486 e. The fourth-order valence-electron chi connectivity index (χ4n) is 5.22. The minimum absolute atomic E-state index is 0. The smallest absolute Gasteiger partial charge is 0.216 e.